The summed E-state index contributed by atoms with van der Waals surface area (Å²) >= 11 is 1.74. The van der Waals surface area contributed by atoms with Gasteiger partial charge in [0.1, 0.15) is 6.10 Å². The minimum Gasteiger partial charge on any atom is -0.369 e. The third kappa shape index (κ3) is 3.59. The van der Waals surface area contributed by atoms with Crippen LogP contribution in [-0.2, 0) is 4.74 Å². The van der Waals surface area contributed by atoms with E-state index in [0.29, 0.717) is 11.7 Å². The normalized spacial score (nSPS) is 14.2. The molecule has 0 aliphatic heterocycles. The molecule has 0 saturated heterocycles. The van der Waals surface area contributed by atoms with Crippen LogP contribution in [0.1, 0.15) is 35.8 Å². The molecule has 108 valence electrons. The van der Waals surface area contributed by atoms with Crippen LogP contribution in [0.2, 0.25) is 0 Å². The molecule has 0 saturated carbocycles. The van der Waals surface area contributed by atoms with Crippen LogP contribution in [0.25, 0.3) is 0 Å². The third-order valence-corrected chi connectivity index (χ3v) is 3.62. The summed E-state index contributed by atoms with van der Waals surface area (Å²) in [6.45, 7) is 0. The summed E-state index contributed by atoms with van der Waals surface area (Å²) in [7, 11) is 1.63. The lowest BCUT2D eigenvalue weighted by Crippen LogP contribution is -2.12. The minimum absolute atomic E-state index is 0.225. The zero-order valence-electron chi connectivity index (χ0n) is 11.7. The van der Waals surface area contributed by atoms with E-state index in [2.05, 4.69) is 10.1 Å². The fourth-order valence-corrected chi connectivity index (χ4v) is 2.38. The molecule has 0 fully saturated rings. The Labute approximate surface area is 122 Å². The van der Waals surface area contributed by atoms with E-state index in [1.165, 1.54) is 0 Å². The van der Waals surface area contributed by atoms with Crippen molar-refractivity contribution >= 4 is 11.8 Å². The fraction of sp³-hybridized carbons (Fsp3) is 0.429. The summed E-state index contributed by atoms with van der Waals surface area (Å²) in [4.78, 5) is 4.37. The van der Waals surface area contributed by atoms with Gasteiger partial charge in [-0.15, -0.1) is 0 Å². The maximum atomic E-state index is 6.02. The summed E-state index contributed by atoms with van der Waals surface area (Å²) in [5, 5.41) is 3.99. The first kappa shape index (κ1) is 15.0. The second kappa shape index (κ2) is 7.42. The van der Waals surface area contributed by atoms with E-state index in [9.17, 15) is 0 Å². The van der Waals surface area contributed by atoms with Gasteiger partial charge in [-0.2, -0.15) is 16.7 Å². The lowest BCUT2D eigenvalue weighted by Gasteiger charge is -2.11. The van der Waals surface area contributed by atoms with Gasteiger partial charge in [0.05, 0.1) is 6.04 Å². The maximum absolute atomic E-state index is 6.02. The Hall–Kier alpha value is -1.37. The molecule has 5 nitrogen and oxygen atoms in total. The number of hydrogen-bond acceptors (Lipinski definition) is 6. The third-order valence-electron chi connectivity index (χ3n) is 2.98. The fourth-order valence-electron chi connectivity index (χ4n) is 1.89. The monoisotopic (exact) mass is 293 g/mol. The molecule has 0 aliphatic rings. The lowest BCUT2D eigenvalue weighted by atomic mass is 10.1. The molecule has 1 heterocycles. The number of methoxy groups -OCH3 is 1. The van der Waals surface area contributed by atoms with Gasteiger partial charge in [-0.3, -0.25) is 0 Å². The Morgan fingerprint density at radius 2 is 2.10 bits per heavy atom. The lowest BCUT2D eigenvalue weighted by molar-refractivity contribution is 0.126. The Morgan fingerprint density at radius 1 is 1.35 bits per heavy atom. The van der Waals surface area contributed by atoms with Gasteiger partial charge in [-0.25, -0.2) is 0 Å². The zero-order valence-corrected chi connectivity index (χ0v) is 12.5. The van der Waals surface area contributed by atoms with Crippen LogP contribution >= 0.6 is 11.8 Å². The second-order valence-electron chi connectivity index (χ2n) is 4.41. The number of thioether (sulfide) groups is 1. The molecule has 20 heavy (non-hydrogen) atoms. The van der Waals surface area contributed by atoms with Crippen molar-refractivity contribution in [3.63, 3.8) is 0 Å². The van der Waals surface area contributed by atoms with Crippen LogP contribution in [0.4, 0.5) is 0 Å². The topological polar surface area (TPSA) is 74.2 Å². The first-order valence-corrected chi connectivity index (χ1v) is 7.81. The molecular formula is C14H19N3O2S. The van der Waals surface area contributed by atoms with E-state index < -0.39 is 0 Å². The van der Waals surface area contributed by atoms with Crippen LogP contribution in [0.3, 0.4) is 0 Å². The molecule has 0 spiro atoms. The van der Waals surface area contributed by atoms with Gasteiger partial charge in [0, 0.05) is 7.11 Å². The summed E-state index contributed by atoms with van der Waals surface area (Å²) in [6, 6.07) is 9.57. The van der Waals surface area contributed by atoms with Gasteiger partial charge in [0.2, 0.25) is 11.7 Å². The van der Waals surface area contributed by atoms with Crippen molar-refractivity contribution < 1.29 is 9.26 Å². The van der Waals surface area contributed by atoms with Gasteiger partial charge in [0.15, 0.2) is 0 Å². The molecule has 0 aliphatic carbocycles. The van der Waals surface area contributed by atoms with Crippen molar-refractivity contribution in [2.24, 2.45) is 5.73 Å². The van der Waals surface area contributed by atoms with Crippen molar-refractivity contribution in [2.45, 2.75) is 18.6 Å². The number of aromatic nitrogens is 2. The van der Waals surface area contributed by atoms with Crippen molar-refractivity contribution in [2.75, 3.05) is 19.1 Å². The van der Waals surface area contributed by atoms with Crippen LogP contribution in [-0.4, -0.2) is 29.3 Å². The van der Waals surface area contributed by atoms with E-state index in [-0.39, 0.29) is 12.1 Å². The van der Waals surface area contributed by atoms with Crippen LogP contribution in [0.15, 0.2) is 34.9 Å². The van der Waals surface area contributed by atoms with Gasteiger partial charge in [-0.1, -0.05) is 35.5 Å². The predicted molar refractivity (Wildman–Crippen MR) is 79.5 cm³/mol. The molecule has 2 aromatic rings. The van der Waals surface area contributed by atoms with Gasteiger partial charge in [0.25, 0.3) is 0 Å². The Bertz CT molecular complexity index is 518. The standard InChI is InChI=1S/C14H19N3O2S/c1-18-12(10-6-4-3-5-7-10)13-16-14(19-17-13)11(15)8-9-20-2/h3-7,11-12H,8-9,15H2,1-2H3/t11-,12?/m1/s1. The zero-order chi connectivity index (χ0) is 14.4. The largest absolute Gasteiger partial charge is 0.369 e. The Balaban J connectivity index is 2.14. The molecule has 0 amide bonds. The second-order valence-corrected chi connectivity index (χ2v) is 5.39. The van der Waals surface area contributed by atoms with E-state index in [4.69, 9.17) is 15.0 Å². The highest BCUT2D eigenvalue weighted by Gasteiger charge is 2.22. The van der Waals surface area contributed by atoms with Crippen molar-refractivity contribution in [3.8, 4) is 0 Å². The van der Waals surface area contributed by atoms with Crippen LogP contribution < -0.4 is 5.73 Å². The summed E-state index contributed by atoms with van der Waals surface area (Å²) in [5.41, 5.74) is 7.01. The van der Waals surface area contributed by atoms with Crippen LogP contribution in [0, 0.1) is 0 Å². The van der Waals surface area contributed by atoms with Crippen LogP contribution in [0.5, 0.6) is 0 Å². The highest BCUT2D eigenvalue weighted by atomic mass is 32.2. The van der Waals surface area contributed by atoms with Crippen molar-refractivity contribution in [1.29, 1.82) is 0 Å². The Kier molecular flexibility index (Phi) is 5.58. The smallest absolute Gasteiger partial charge is 0.243 e. The molecule has 0 radical (unpaired) electrons. The molecule has 1 aromatic carbocycles. The quantitative estimate of drug-likeness (QED) is 0.845. The van der Waals surface area contributed by atoms with Crippen molar-refractivity contribution in [3.05, 3.63) is 47.6 Å². The number of rotatable bonds is 7. The number of benzene rings is 1. The summed E-state index contributed by atoms with van der Waals surface area (Å²) < 4.78 is 10.7. The SMILES string of the molecule is COC(c1ccccc1)c1noc([C@H](N)CCSC)n1. The molecule has 2 N–H and O–H groups in total. The average molecular weight is 293 g/mol. The van der Waals surface area contributed by atoms with E-state index >= 15 is 0 Å². The predicted octanol–water partition coefficient (Wildman–Crippen LogP) is 2.56. The summed E-state index contributed by atoms with van der Waals surface area (Å²) in [6.07, 6.45) is 2.52. The number of hydrogen-bond donors (Lipinski definition) is 1. The molecule has 1 unspecified atom stereocenters. The van der Waals surface area contributed by atoms with Gasteiger partial charge >= 0.3 is 0 Å². The minimum atomic E-state index is -0.332. The first-order chi connectivity index (χ1) is 9.76. The van der Waals surface area contributed by atoms with Gasteiger partial charge in [-0.05, 0) is 24.0 Å². The maximum Gasteiger partial charge on any atom is 0.243 e. The van der Waals surface area contributed by atoms with E-state index in [0.717, 1.165) is 17.7 Å². The summed E-state index contributed by atoms with van der Waals surface area (Å²) in [5.74, 6) is 1.94. The molecule has 1 aromatic heterocycles. The number of ether oxygens (including phenoxy) is 1. The molecule has 6 heteroatoms. The number of nitrogens with two attached hydrogens (primary N) is 1. The molecule has 2 rings (SSSR count). The average Bonchev–Trinajstić information content (AvgIpc) is 2.96. The highest BCUT2D eigenvalue weighted by Crippen LogP contribution is 2.24. The number of nitrogens with zero attached hydrogens (tertiary/aromatic N) is 2. The van der Waals surface area contributed by atoms with E-state index in [1.54, 1.807) is 18.9 Å². The van der Waals surface area contributed by atoms with Crippen molar-refractivity contribution in [1.82, 2.24) is 10.1 Å². The van der Waals surface area contributed by atoms with E-state index in [1.807, 2.05) is 36.6 Å². The Morgan fingerprint density at radius 3 is 2.75 bits per heavy atom. The molecule has 0 bridgehead atoms. The molecule has 2 atom stereocenters. The highest BCUT2D eigenvalue weighted by molar-refractivity contribution is 7.98. The first-order valence-electron chi connectivity index (χ1n) is 6.42. The van der Waals surface area contributed by atoms with Gasteiger partial charge < -0.3 is 15.0 Å². The molecular weight excluding hydrogens is 274 g/mol.